The highest BCUT2D eigenvalue weighted by Gasteiger charge is 2.22. The summed E-state index contributed by atoms with van der Waals surface area (Å²) >= 11 is 3.59. The molecule has 0 fully saturated rings. The Labute approximate surface area is 142 Å². The molecule has 3 aromatic rings. The van der Waals surface area contributed by atoms with Crippen LogP contribution in [0.3, 0.4) is 0 Å². The van der Waals surface area contributed by atoms with Crippen LogP contribution in [-0.4, -0.2) is 22.5 Å². The summed E-state index contributed by atoms with van der Waals surface area (Å²) in [5.74, 6) is 0. The Kier molecular flexibility index (Phi) is 3.58. The molecule has 0 spiro atoms. The van der Waals surface area contributed by atoms with Crippen molar-refractivity contribution in [2.24, 2.45) is 0 Å². The lowest BCUT2D eigenvalue weighted by Crippen LogP contribution is -2.38. The van der Waals surface area contributed by atoms with E-state index < -0.39 is 0 Å². The molecule has 2 amide bonds. The number of hydrogen-bond acceptors (Lipinski definition) is 1. The third-order valence-corrected chi connectivity index (χ3v) is 5.07. The summed E-state index contributed by atoms with van der Waals surface area (Å²) in [6.45, 7) is 1.37. The van der Waals surface area contributed by atoms with Gasteiger partial charge in [-0.25, -0.2) is 4.79 Å². The number of carbonyl (C=O) groups is 1. The second kappa shape index (κ2) is 5.74. The average molecular weight is 370 g/mol. The van der Waals surface area contributed by atoms with Crippen LogP contribution >= 0.6 is 15.9 Å². The summed E-state index contributed by atoms with van der Waals surface area (Å²) in [6.07, 6.45) is 2.72. The van der Waals surface area contributed by atoms with Crippen LogP contribution in [0.2, 0.25) is 0 Å². The van der Waals surface area contributed by atoms with Crippen molar-refractivity contribution in [3.05, 3.63) is 64.3 Å². The summed E-state index contributed by atoms with van der Waals surface area (Å²) in [5.41, 5.74) is 4.37. The first-order chi connectivity index (χ1) is 11.2. The molecular formula is C18H16BrN3O. The second-order valence-electron chi connectivity index (χ2n) is 5.73. The summed E-state index contributed by atoms with van der Waals surface area (Å²) in [6, 6.07) is 14.1. The van der Waals surface area contributed by atoms with Crippen molar-refractivity contribution >= 4 is 38.6 Å². The minimum absolute atomic E-state index is 0.0552. The number of anilines is 1. The number of nitrogens with one attached hydrogen (secondary N) is 2. The van der Waals surface area contributed by atoms with Gasteiger partial charge in [-0.15, -0.1) is 0 Å². The quantitative estimate of drug-likeness (QED) is 0.650. The molecule has 0 unspecified atom stereocenters. The molecule has 5 heteroatoms. The molecule has 0 aliphatic carbocycles. The summed E-state index contributed by atoms with van der Waals surface area (Å²) in [5, 5.41) is 4.05. The molecule has 4 nitrogen and oxygen atoms in total. The SMILES string of the molecule is O=C(Nc1c[nH]c2ccccc12)N1CCc2c(Br)cccc2C1. The largest absolute Gasteiger partial charge is 0.359 e. The number of hydrogen-bond donors (Lipinski definition) is 2. The number of halogens is 1. The van der Waals surface area contributed by atoms with Crippen LogP contribution in [0.4, 0.5) is 10.5 Å². The van der Waals surface area contributed by atoms with Crippen molar-refractivity contribution in [3.8, 4) is 0 Å². The number of fused-ring (bicyclic) bond motifs is 2. The van der Waals surface area contributed by atoms with E-state index in [4.69, 9.17) is 0 Å². The van der Waals surface area contributed by atoms with Gasteiger partial charge in [0.05, 0.1) is 5.69 Å². The Morgan fingerprint density at radius 3 is 2.96 bits per heavy atom. The number of nitrogens with zero attached hydrogens (tertiary/aromatic N) is 1. The van der Waals surface area contributed by atoms with Gasteiger partial charge in [-0.2, -0.15) is 0 Å². The molecule has 2 heterocycles. The van der Waals surface area contributed by atoms with Gasteiger partial charge in [-0.3, -0.25) is 0 Å². The highest BCUT2D eigenvalue weighted by atomic mass is 79.9. The molecule has 0 saturated heterocycles. The van der Waals surface area contributed by atoms with Crippen molar-refractivity contribution in [3.63, 3.8) is 0 Å². The van der Waals surface area contributed by atoms with E-state index in [9.17, 15) is 4.79 Å². The Balaban J connectivity index is 1.54. The minimum atomic E-state index is -0.0552. The van der Waals surface area contributed by atoms with Crippen LogP contribution in [0.1, 0.15) is 11.1 Å². The van der Waals surface area contributed by atoms with Gasteiger partial charge < -0.3 is 15.2 Å². The van der Waals surface area contributed by atoms with Crippen molar-refractivity contribution in [1.29, 1.82) is 0 Å². The van der Waals surface area contributed by atoms with Gasteiger partial charge in [0, 0.05) is 34.7 Å². The molecule has 1 aliphatic rings. The summed E-state index contributed by atoms with van der Waals surface area (Å²) in [7, 11) is 0. The molecule has 2 aromatic carbocycles. The molecule has 0 bridgehead atoms. The summed E-state index contributed by atoms with van der Waals surface area (Å²) in [4.78, 5) is 17.6. The lowest BCUT2D eigenvalue weighted by Gasteiger charge is -2.29. The fourth-order valence-corrected chi connectivity index (χ4v) is 3.71. The number of carbonyl (C=O) groups excluding carboxylic acids is 1. The predicted octanol–water partition coefficient (Wildman–Crippen LogP) is 4.52. The zero-order chi connectivity index (χ0) is 15.8. The van der Waals surface area contributed by atoms with E-state index in [0.29, 0.717) is 6.54 Å². The second-order valence-corrected chi connectivity index (χ2v) is 6.58. The molecule has 2 N–H and O–H groups in total. The molecule has 0 atom stereocenters. The van der Waals surface area contributed by atoms with E-state index in [-0.39, 0.29) is 6.03 Å². The Morgan fingerprint density at radius 2 is 2.04 bits per heavy atom. The number of aromatic amines is 1. The van der Waals surface area contributed by atoms with Crippen LogP contribution < -0.4 is 5.32 Å². The number of H-pyrrole nitrogens is 1. The Morgan fingerprint density at radius 1 is 1.17 bits per heavy atom. The van der Waals surface area contributed by atoms with Crippen molar-refractivity contribution < 1.29 is 4.79 Å². The lowest BCUT2D eigenvalue weighted by atomic mass is 10.0. The van der Waals surface area contributed by atoms with Gasteiger partial charge in [0.1, 0.15) is 0 Å². The maximum Gasteiger partial charge on any atom is 0.322 e. The normalized spacial score (nSPS) is 13.9. The maximum absolute atomic E-state index is 12.6. The van der Waals surface area contributed by atoms with Crippen LogP contribution in [0, 0.1) is 0 Å². The van der Waals surface area contributed by atoms with E-state index in [0.717, 1.165) is 34.0 Å². The highest BCUT2D eigenvalue weighted by molar-refractivity contribution is 9.10. The van der Waals surface area contributed by atoms with E-state index in [1.165, 1.54) is 11.1 Å². The van der Waals surface area contributed by atoms with Crippen LogP contribution in [0.25, 0.3) is 10.9 Å². The van der Waals surface area contributed by atoms with Gasteiger partial charge in [0.15, 0.2) is 0 Å². The van der Waals surface area contributed by atoms with E-state index >= 15 is 0 Å². The van der Waals surface area contributed by atoms with E-state index in [2.05, 4.69) is 38.4 Å². The van der Waals surface area contributed by atoms with Crippen LogP contribution in [0.5, 0.6) is 0 Å². The lowest BCUT2D eigenvalue weighted by molar-refractivity contribution is 0.206. The molecule has 116 valence electrons. The first-order valence-corrected chi connectivity index (χ1v) is 8.40. The molecular weight excluding hydrogens is 354 g/mol. The van der Waals surface area contributed by atoms with Crippen molar-refractivity contribution in [2.45, 2.75) is 13.0 Å². The van der Waals surface area contributed by atoms with Crippen molar-refractivity contribution in [2.75, 3.05) is 11.9 Å². The molecule has 4 rings (SSSR count). The van der Waals surface area contributed by atoms with E-state index in [1.807, 2.05) is 41.4 Å². The molecule has 1 aliphatic heterocycles. The third-order valence-electron chi connectivity index (χ3n) is 4.33. The molecule has 0 radical (unpaired) electrons. The van der Waals surface area contributed by atoms with E-state index in [1.54, 1.807) is 0 Å². The zero-order valence-corrected chi connectivity index (χ0v) is 14.1. The summed E-state index contributed by atoms with van der Waals surface area (Å²) < 4.78 is 1.13. The molecule has 1 aromatic heterocycles. The zero-order valence-electron chi connectivity index (χ0n) is 12.5. The van der Waals surface area contributed by atoms with Crippen LogP contribution in [0.15, 0.2) is 53.1 Å². The fourth-order valence-electron chi connectivity index (χ4n) is 3.11. The minimum Gasteiger partial charge on any atom is -0.359 e. The van der Waals surface area contributed by atoms with Gasteiger partial charge in [-0.1, -0.05) is 46.3 Å². The number of amides is 2. The maximum atomic E-state index is 12.6. The fraction of sp³-hybridized carbons (Fsp3) is 0.167. The topological polar surface area (TPSA) is 48.1 Å². The number of aromatic nitrogens is 1. The van der Waals surface area contributed by atoms with Crippen molar-refractivity contribution in [1.82, 2.24) is 9.88 Å². The van der Waals surface area contributed by atoms with Gasteiger partial charge >= 0.3 is 6.03 Å². The molecule has 0 saturated carbocycles. The predicted molar refractivity (Wildman–Crippen MR) is 95.6 cm³/mol. The number of para-hydroxylation sites is 1. The Bertz CT molecular complexity index is 887. The first-order valence-electron chi connectivity index (χ1n) is 7.60. The number of rotatable bonds is 1. The van der Waals surface area contributed by atoms with Gasteiger partial charge in [0.25, 0.3) is 0 Å². The van der Waals surface area contributed by atoms with Gasteiger partial charge in [0.2, 0.25) is 0 Å². The number of urea groups is 1. The number of benzene rings is 2. The third kappa shape index (κ3) is 2.61. The monoisotopic (exact) mass is 369 g/mol. The van der Waals surface area contributed by atoms with Crippen LogP contribution in [-0.2, 0) is 13.0 Å². The van der Waals surface area contributed by atoms with Gasteiger partial charge in [-0.05, 0) is 29.7 Å². The average Bonchev–Trinajstić information content (AvgIpc) is 2.98. The smallest absolute Gasteiger partial charge is 0.322 e. The Hall–Kier alpha value is -2.27. The molecule has 23 heavy (non-hydrogen) atoms. The first kappa shape index (κ1) is 14.3. The highest BCUT2D eigenvalue weighted by Crippen LogP contribution is 2.27. The standard InChI is InChI=1S/C18H16BrN3O/c19-15-6-3-4-12-11-22(9-8-13(12)15)18(23)21-17-10-20-16-7-2-1-5-14(16)17/h1-7,10,20H,8-9,11H2,(H,21,23).